The molecule has 2 amide bonds. The average Bonchev–Trinajstić information content (AvgIpc) is 3.31. The molecule has 0 aliphatic heterocycles. The predicted octanol–water partition coefficient (Wildman–Crippen LogP) is 1.26. The molecule has 3 N–H and O–H groups in total. The van der Waals surface area contributed by atoms with Gasteiger partial charge in [-0.05, 0) is 18.6 Å². The number of esters is 2. The van der Waals surface area contributed by atoms with Gasteiger partial charge in [-0.1, -0.05) is 0 Å². The molecule has 0 aliphatic carbocycles. The van der Waals surface area contributed by atoms with Gasteiger partial charge in [0.25, 0.3) is 11.8 Å². The van der Waals surface area contributed by atoms with Gasteiger partial charge >= 0.3 is 17.8 Å². The number of thiophene rings is 1. The van der Waals surface area contributed by atoms with E-state index in [4.69, 9.17) is 19.9 Å². The number of hydrogen-bond donors (Lipinski definition) is 2. The molecule has 0 spiro atoms. The van der Waals surface area contributed by atoms with Crippen molar-refractivity contribution in [1.29, 1.82) is 0 Å². The summed E-state index contributed by atoms with van der Waals surface area (Å²) < 4.78 is 19.2. The Labute approximate surface area is 178 Å². The molecule has 0 bridgehead atoms. The first-order valence-corrected chi connectivity index (χ1v) is 9.27. The molecule has 0 aromatic carbocycles. The first-order chi connectivity index (χ1) is 14.6. The maximum absolute atomic E-state index is 12.4. The van der Waals surface area contributed by atoms with Crippen molar-refractivity contribution in [1.82, 2.24) is 0 Å². The van der Waals surface area contributed by atoms with Gasteiger partial charge in [-0.15, -0.1) is 11.3 Å². The maximum atomic E-state index is 12.4. The van der Waals surface area contributed by atoms with Crippen molar-refractivity contribution in [2.24, 2.45) is 5.73 Å². The highest BCUT2D eigenvalue weighted by Crippen LogP contribution is 2.33. The summed E-state index contributed by atoms with van der Waals surface area (Å²) in [4.78, 5) is 57.7. The lowest BCUT2D eigenvalue weighted by Crippen LogP contribution is -2.22. The largest absolute Gasteiger partial charge is 0.460 e. The second-order valence-corrected chi connectivity index (χ2v) is 6.79. The summed E-state index contributed by atoms with van der Waals surface area (Å²) in [6.07, 6.45) is 0. The lowest BCUT2D eigenvalue weighted by atomic mass is 10.1. The summed E-state index contributed by atoms with van der Waals surface area (Å²) in [6.45, 7) is 0.744. The molecule has 2 aromatic rings. The third-order valence-corrected chi connectivity index (χ3v) is 4.88. The number of anilines is 1. The van der Waals surface area contributed by atoms with Crippen LogP contribution in [0.15, 0.2) is 16.5 Å². The smallest absolute Gasteiger partial charge is 0.433 e. The van der Waals surface area contributed by atoms with Crippen LogP contribution in [0.2, 0.25) is 0 Å². The number of ether oxygens (including phenoxy) is 3. The molecule has 0 saturated heterocycles. The highest BCUT2D eigenvalue weighted by molar-refractivity contribution is 7.18. The molecule has 0 fully saturated rings. The fourth-order valence-electron chi connectivity index (χ4n) is 2.27. The van der Waals surface area contributed by atoms with Crippen molar-refractivity contribution in [3.63, 3.8) is 0 Å². The number of methoxy groups -OCH3 is 1. The van der Waals surface area contributed by atoms with Crippen LogP contribution in [0.1, 0.15) is 36.1 Å². The Morgan fingerprint density at radius 3 is 2.48 bits per heavy atom. The van der Waals surface area contributed by atoms with E-state index in [1.165, 1.54) is 14.0 Å². The van der Waals surface area contributed by atoms with Gasteiger partial charge in [0.15, 0.2) is 6.61 Å². The average molecular weight is 455 g/mol. The third kappa shape index (κ3) is 5.86. The highest BCUT2D eigenvalue weighted by Gasteiger charge is 2.26. The van der Waals surface area contributed by atoms with Crippen LogP contribution >= 0.6 is 11.3 Å². The molecule has 2 heterocycles. The molecule has 14 heteroatoms. The van der Waals surface area contributed by atoms with E-state index in [-0.39, 0.29) is 34.2 Å². The lowest BCUT2D eigenvalue weighted by Gasteiger charge is -2.08. The van der Waals surface area contributed by atoms with Crippen molar-refractivity contribution >= 4 is 46.0 Å². The van der Waals surface area contributed by atoms with Crippen molar-refractivity contribution in [2.45, 2.75) is 6.92 Å². The normalized spacial score (nSPS) is 10.4. The zero-order chi connectivity index (χ0) is 23.1. The van der Waals surface area contributed by atoms with Crippen LogP contribution in [0.25, 0.3) is 0 Å². The summed E-state index contributed by atoms with van der Waals surface area (Å²) in [5.74, 6) is -4.71. The summed E-state index contributed by atoms with van der Waals surface area (Å²) in [7, 11) is 1.42. The number of amides is 2. The summed E-state index contributed by atoms with van der Waals surface area (Å²) in [5.41, 5.74) is 5.44. The van der Waals surface area contributed by atoms with E-state index in [9.17, 15) is 29.3 Å². The zero-order valence-electron chi connectivity index (χ0n) is 16.3. The van der Waals surface area contributed by atoms with E-state index in [1.807, 2.05) is 0 Å². The van der Waals surface area contributed by atoms with E-state index < -0.39 is 46.9 Å². The van der Waals surface area contributed by atoms with Gasteiger partial charge in [0.05, 0.1) is 23.1 Å². The molecule has 0 radical (unpaired) electrons. The Bertz CT molecular complexity index is 1030. The van der Waals surface area contributed by atoms with E-state index in [0.717, 1.165) is 23.5 Å². The van der Waals surface area contributed by atoms with Gasteiger partial charge in [0.2, 0.25) is 5.76 Å². The van der Waals surface area contributed by atoms with Crippen molar-refractivity contribution < 1.29 is 42.7 Å². The minimum absolute atomic E-state index is 0.0246. The van der Waals surface area contributed by atoms with Crippen molar-refractivity contribution in [3.05, 3.63) is 44.0 Å². The standard InChI is InChI=1S/C17H17N3O10S/c1-8-12(17(24)28-6-5-27-2)15(31-13(8)14(18)22)19-10(21)7-29-16(23)9-3-4-11(30-9)20(25)26/h3-4H,5-7H2,1-2H3,(H2,18,22)(H,19,21). The maximum Gasteiger partial charge on any atom is 0.433 e. The van der Waals surface area contributed by atoms with E-state index >= 15 is 0 Å². The molecule has 0 saturated carbocycles. The number of primary amides is 1. The fourth-order valence-corrected chi connectivity index (χ4v) is 3.34. The molecule has 13 nitrogen and oxygen atoms in total. The topological polar surface area (TPSA) is 190 Å². The number of carbonyl (C=O) groups is 4. The Hall–Kier alpha value is -3.78. The monoisotopic (exact) mass is 455 g/mol. The van der Waals surface area contributed by atoms with Gasteiger partial charge in [-0.3, -0.25) is 19.7 Å². The minimum Gasteiger partial charge on any atom is -0.460 e. The number of nitro groups is 1. The molecule has 166 valence electrons. The van der Waals surface area contributed by atoms with Gasteiger partial charge in [0, 0.05) is 7.11 Å². The van der Waals surface area contributed by atoms with E-state index in [2.05, 4.69) is 9.73 Å². The number of nitrogens with one attached hydrogen (secondary N) is 1. The third-order valence-electron chi connectivity index (χ3n) is 3.66. The second-order valence-electron chi connectivity index (χ2n) is 5.77. The highest BCUT2D eigenvalue weighted by atomic mass is 32.1. The van der Waals surface area contributed by atoms with Gasteiger partial charge in [-0.25, -0.2) is 9.59 Å². The summed E-state index contributed by atoms with van der Waals surface area (Å²) >= 11 is 0.755. The molecule has 2 aromatic heterocycles. The number of rotatable bonds is 10. The molecule has 2 rings (SSSR count). The van der Waals surface area contributed by atoms with Crippen LogP contribution in [-0.2, 0) is 19.0 Å². The Morgan fingerprint density at radius 2 is 1.90 bits per heavy atom. The number of nitrogens with zero attached hydrogens (tertiary/aromatic N) is 1. The molecule has 31 heavy (non-hydrogen) atoms. The SMILES string of the molecule is COCCOC(=O)c1c(NC(=O)COC(=O)c2ccc([N+](=O)[O-])o2)sc(C(N)=O)c1C. The first-order valence-electron chi connectivity index (χ1n) is 8.46. The van der Waals surface area contributed by atoms with Gasteiger partial charge in [0.1, 0.15) is 16.5 Å². The van der Waals surface area contributed by atoms with E-state index in [0.29, 0.717) is 0 Å². The van der Waals surface area contributed by atoms with Gasteiger partial charge in [-0.2, -0.15) is 0 Å². The number of furan rings is 1. The Morgan fingerprint density at radius 1 is 1.19 bits per heavy atom. The number of nitrogens with two attached hydrogens (primary N) is 1. The molecule has 0 aliphatic rings. The fraction of sp³-hybridized carbons (Fsp3) is 0.294. The lowest BCUT2D eigenvalue weighted by molar-refractivity contribution is -0.402. The summed E-state index contributed by atoms with van der Waals surface area (Å²) in [5, 5.41) is 12.9. The Kier molecular flexibility index (Phi) is 7.81. The molecule has 0 atom stereocenters. The minimum atomic E-state index is -1.11. The molecule has 0 unspecified atom stereocenters. The van der Waals surface area contributed by atoms with Crippen LogP contribution < -0.4 is 11.1 Å². The quantitative estimate of drug-likeness (QED) is 0.228. The second kappa shape index (κ2) is 10.3. The van der Waals surface area contributed by atoms with Crippen molar-refractivity contribution in [3.8, 4) is 0 Å². The molecular formula is C17H17N3O10S. The zero-order valence-corrected chi connectivity index (χ0v) is 17.1. The Balaban J connectivity index is 2.09. The number of hydrogen-bond acceptors (Lipinski definition) is 11. The summed E-state index contributed by atoms with van der Waals surface area (Å²) in [6, 6.07) is 1.98. The van der Waals surface area contributed by atoms with Crippen LogP contribution in [0, 0.1) is 17.0 Å². The van der Waals surface area contributed by atoms with E-state index in [1.54, 1.807) is 0 Å². The molecular weight excluding hydrogens is 438 g/mol. The van der Waals surface area contributed by atoms with Crippen molar-refractivity contribution in [2.75, 3.05) is 32.2 Å². The van der Waals surface area contributed by atoms with Crippen LogP contribution in [0.5, 0.6) is 0 Å². The number of carbonyl (C=O) groups excluding carboxylic acids is 4. The van der Waals surface area contributed by atoms with Gasteiger partial charge < -0.3 is 29.7 Å². The van der Waals surface area contributed by atoms with Crippen LogP contribution in [-0.4, -0.2) is 55.6 Å². The predicted molar refractivity (Wildman–Crippen MR) is 104 cm³/mol. The van der Waals surface area contributed by atoms with Crippen LogP contribution in [0.4, 0.5) is 10.9 Å². The first kappa shape index (κ1) is 23.5. The van der Waals surface area contributed by atoms with Crippen LogP contribution in [0.3, 0.4) is 0 Å².